The molecule has 0 aromatic carbocycles. The Labute approximate surface area is 138 Å². The van der Waals surface area contributed by atoms with Crippen LogP contribution in [-0.2, 0) is 4.79 Å². The van der Waals surface area contributed by atoms with E-state index in [0.717, 1.165) is 19.3 Å². The molecule has 0 saturated heterocycles. The summed E-state index contributed by atoms with van der Waals surface area (Å²) in [6.45, 7) is 2.11. The van der Waals surface area contributed by atoms with Gasteiger partial charge in [0.25, 0.3) is 0 Å². The number of unbranched alkanes of at least 4 members (excludes halogenated alkanes) is 2. The Balaban J connectivity index is 2.54. The summed E-state index contributed by atoms with van der Waals surface area (Å²) >= 11 is 0. The molecule has 0 amide bonds. The SMILES string of the molecule is CCCCCC(O)C=CC1C(O)CC(O)C1CC=CCC(=O)O. The van der Waals surface area contributed by atoms with Gasteiger partial charge in [-0.15, -0.1) is 0 Å². The van der Waals surface area contributed by atoms with E-state index >= 15 is 0 Å². The first-order chi connectivity index (χ1) is 11.0. The van der Waals surface area contributed by atoms with E-state index in [-0.39, 0.29) is 18.3 Å². The minimum Gasteiger partial charge on any atom is -0.481 e. The van der Waals surface area contributed by atoms with Gasteiger partial charge in [0.1, 0.15) is 0 Å². The van der Waals surface area contributed by atoms with Gasteiger partial charge in [0, 0.05) is 12.3 Å². The number of allylic oxidation sites excluding steroid dienone is 1. The lowest BCUT2D eigenvalue weighted by atomic mass is 9.89. The van der Waals surface area contributed by atoms with Crippen molar-refractivity contribution in [3.63, 3.8) is 0 Å². The highest BCUT2D eigenvalue weighted by Crippen LogP contribution is 2.36. The molecule has 1 fully saturated rings. The van der Waals surface area contributed by atoms with Gasteiger partial charge < -0.3 is 20.4 Å². The molecule has 23 heavy (non-hydrogen) atoms. The highest BCUT2D eigenvalue weighted by atomic mass is 16.4. The summed E-state index contributed by atoms with van der Waals surface area (Å²) in [4.78, 5) is 10.5. The van der Waals surface area contributed by atoms with Crippen LogP contribution in [0.2, 0.25) is 0 Å². The number of hydrogen-bond donors (Lipinski definition) is 4. The van der Waals surface area contributed by atoms with Crippen molar-refractivity contribution >= 4 is 5.97 Å². The van der Waals surface area contributed by atoms with Crippen LogP contribution in [0.3, 0.4) is 0 Å². The van der Waals surface area contributed by atoms with Gasteiger partial charge in [-0.05, 0) is 18.8 Å². The summed E-state index contributed by atoms with van der Waals surface area (Å²) in [6, 6.07) is 0. The average Bonchev–Trinajstić information content (AvgIpc) is 2.75. The van der Waals surface area contributed by atoms with Crippen LogP contribution in [0.1, 0.15) is 51.9 Å². The van der Waals surface area contributed by atoms with Crippen molar-refractivity contribution in [3.8, 4) is 0 Å². The normalized spacial score (nSPS) is 29.6. The second-order valence-electron chi connectivity index (χ2n) is 6.36. The predicted molar refractivity (Wildman–Crippen MR) is 88.9 cm³/mol. The summed E-state index contributed by atoms with van der Waals surface area (Å²) in [6.07, 6.45) is 9.77. The van der Waals surface area contributed by atoms with Crippen molar-refractivity contribution in [3.05, 3.63) is 24.3 Å². The Kier molecular flexibility index (Phi) is 9.14. The first-order valence-electron chi connectivity index (χ1n) is 8.55. The molecule has 1 aliphatic rings. The van der Waals surface area contributed by atoms with Crippen LogP contribution < -0.4 is 0 Å². The van der Waals surface area contributed by atoms with Crippen LogP contribution in [0.25, 0.3) is 0 Å². The first kappa shape index (κ1) is 19.9. The number of rotatable bonds is 10. The number of carboxylic acids is 1. The maximum Gasteiger partial charge on any atom is 0.307 e. The Hall–Kier alpha value is -1.17. The van der Waals surface area contributed by atoms with Crippen molar-refractivity contribution in [2.45, 2.75) is 70.2 Å². The van der Waals surface area contributed by atoms with Gasteiger partial charge in [0.15, 0.2) is 0 Å². The molecule has 5 unspecified atom stereocenters. The minimum atomic E-state index is -0.889. The average molecular weight is 326 g/mol. The lowest BCUT2D eigenvalue weighted by molar-refractivity contribution is -0.136. The second kappa shape index (κ2) is 10.6. The van der Waals surface area contributed by atoms with Crippen LogP contribution >= 0.6 is 0 Å². The molecule has 0 aromatic rings. The maximum absolute atomic E-state index is 10.5. The Morgan fingerprint density at radius 3 is 2.61 bits per heavy atom. The van der Waals surface area contributed by atoms with Gasteiger partial charge in [-0.25, -0.2) is 0 Å². The smallest absolute Gasteiger partial charge is 0.307 e. The molecular formula is C18H30O5. The number of aliphatic hydroxyl groups excluding tert-OH is 3. The van der Waals surface area contributed by atoms with E-state index in [9.17, 15) is 20.1 Å². The molecule has 0 radical (unpaired) electrons. The zero-order chi connectivity index (χ0) is 17.2. The lowest BCUT2D eigenvalue weighted by Crippen LogP contribution is -2.20. The molecular weight excluding hydrogens is 296 g/mol. The Bertz CT molecular complexity index is 404. The molecule has 0 aromatic heterocycles. The molecule has 0 aliphatic heterocycles. The van der Waals surface area contributed by atoms with Gasteiger partial charge in [0.05, 0.1) is 24.7 Å². The van der Waals surface area contributed by atoms with Crippen molar-refractivity contribution in [2.75, 3.05) is 0 Å². The zero-order valence-corrected chi connectivity index (χ0v) is 13.8. The van der Waals surface area contributed by atoms with Gasteiger partial charge >= 0.3 is 5.97 Å². The number of aliphatic hydroxyl groups is 3. The standard InChI is InChI=1S/C18H30O5/c1-2-3-4-7-13(19)10-11-15-14(16(20)12-17(15)21)8-5-6-9-18(22)23/h5-6,10-11,13-17,19-21H,2-4,7-9,12H2,1H3,(H,22,23). The van der Waals surface area contributed by atoms with Gasteiger partial charge in [-0.3, -0.25) is 4.79 Å². The third-order valence-electron chi connectivity index (χ3n) is 4.44. The van der Waals surface area contributed by atoms with E-state index in [2.05, 4.69) is 6.92 Å². The van der Waals surface area contributed by atoms with Crippen LogP contribution in [0, 0.1) is 11.8 Å². The summed E-state index contributed by atoms with van der Waals surface area (Å²) < 4.78 is 0. The molecule has 1 aliphatic carbocycles. The third-order valence-corrected chi connectivity index (χ3v) is 4.44. The molecule has 132 valence electrons. The molecule has 0 heterocycles. The molecule has 1 saturated carbocycles. The summed E-state index contributed by atoms with van der Waals surface area (Å²) in [7, 11) is 0. The summed E-state index contributed by atoms with van der Waals surface area (Å²) in [5.74, 6) is -1.24. The quantitative estimate of drug-likeness (QED) is 0.365. The summed E-state index contributed by atoms with van der Waals surface area (Å²) in [5, 5.41) is 38.7. The molecule has 0 bridgehead atoms. The van der Waals surface area contributed by atoms with Crippen LogP contribution in [0.4, 0.5) is 0 Å². The minimum absolute atomic E-state index is 0.0397. The van der Waals surface area contributed by atoms with E-state index in [0.29, 0.717) is 19.3 Å². The monoisotopic (exact) mass is 326 g/mol. The first-order valence-corrected chi connectivity index (χ1v) is 8.55. The van der Waals surface area contributed by atoms with Crippen LogP contribution in [-0.4, -0.2) is 44.7 Å². The van der Waals surface area contributed by atoms with E-state index in [4.69, 9.17) is 5.11 Å². The Morgan fingerprint density at radius 2 is 1.96 bits per heavy atom. The molecule has 5 nitrogen and oxygen atoms in total. The van der Waals surface area contributed by atoms with Crippen molar-refractivity contribution in [2.24, 2.45) is 11.8 Å². The van der Waals surface area contributed by atoms with E-state index in [1.807, 2.05) is 6.08 Å². The summed E-state index contributed by atoms with van der Waals surface area (Å²) in [5.41, 5.74) is 0. The number of carboxylic acid groups (broad SMARTS) is 1. The number of hydrogen-bond acceptors (Lipinski definition) is 4. The van der Waals surface area contributed by atoms with Gasteiger partial charge in [-0.1, -0.05) is 50.5 Å². The topological polar surface area (TPSA) is 98.0 Å². The van der Waals surface area contributed by atoms with Crippen molar-refractivity contribution in [1.82, 2.24) is 0 Å². The van der Waals surface area contributed by atoms with Gasteiger partial charge in [-0.2, -0.15) is 0 Å². The van der Waals surface area contributed by atoms with Crippen LogP contribution in [0.15, 0.2) is 24.3 Å². The fraction of sp³-hybridized carbons (Fsp3) is 0.722. The molecule has 1 rings (SSSR count). The largest absolute Gasteiger partial charge is 0.481 e. The zero-order valence-electron chi connectivity index (χ0n) is 13.8. The highest BCUT2D eigenvalue weighted by molar-refractivity contribution is 5.68. The molecule has 5 heteroatoms. The maximum atomic E-state index is 10.5. The number of aliphatic carboxylic acids is 1. The van der Waals surface area contributed by atoms with E-state index in [1.165, 1.54) is 0 Å². The fourth-order valence-corrected chi connectivity index (χ4v) is 3.10. The predicted octanol–water partition coefficient (Wildman–Crippen LogP) is 2.26. The molecule has 4 N–H and O–H groups in total. The third kappa shape index (κ3) is 7.29. The fourth-order valence-electron chi connectivity index (χ4n) is 3.10. The van der Waals surface area contributed by atoms with E-state index in [1.54, 1.807) is 18.2 Å². The lowest BCUT2D eigenvalue weighted by Gasteiger charge is -2.19. The van der Waals surface area contributed by atoms with Crippen molar-refractivity contribution < 1.29 is 25.2 Å². The molecule has 0 spiro atoms. The highest BCUT2D eigenvalue weighted by Gasteiger charge is 2.39. The van der Waals surface area contributed by atoms with E-state index < -0.39 is 24.3 Å². The van der Waals surface area contributed by atoms with Crippen LogP contribution in [0.5, 0.6) is 0 Å². The van der Waals surface area contributed by atoms with Crippen molar-refractivity contribution in [1.29, 1.82) is 0 Å². The number of carbonyl (C=O) groups is 1. The Morgan fingerprint density at radius 1 is 1.22 bits per heavy atom. The van der Waals surface area contributed by atoms with Gasteiger partial charge in [0.2, 0.25) is 0 Å². The molecule has 5 atom stereocenters. The second-order valence-corrected chi connectivity index (χ2v) is 6.36.